The maximum absolute atomic E-state index is 13.5. The molecule has 2 heterocycles. The summed E-state index contributed by atoms with van der Waals surface area (Å²) in [6.45, 7) is 1.51. The minimum absolute atomic E-state index is 0.157. The predicted octanol–water partition coefficient (Wildman–Crippen LogP) is 1.90. The highest BCUT2D eigenvalue weighted by molar-refractivity contribution is 5.95. The number of phenolic OH excluding ortho intramolecular Hbond substituents is 1. The summed E-state index contributed by atoms with van der Waals surface area (Å²) in [5.41, 5.74) is 0.659. The van der Waals surface area contributed by atoms with Gasteiger partial charge in [-0.15, -0.1) is 0 Å². The molecule has 0 aliphatic heterocycles. The van der Waals surface area contributed by atoms with Crippen molar-refractivity contribution < 1.29 is 24.1 Å². The normalized spacial score (nSPS) is 12.1. The Balaban J connectivity index is 1.93. The summed E-state index contributed by atoms with van der Waals surface area (Å²) >= 11 is 0. The van der Waals surface area contributed by atoms with Crippen LogP contribution in [0, 0.1) is 5.82 Å². The van der Waals surface area contributed by atoms with Crippen LogP contribution in [0.1, 0.15) is 28.9 Å². The van der Waals surface area contributed by atoms with E-state index in [-0.39, 0.29) is 29.1 Å². The maximum Gasteiger partial charge on any atom is 0.343 e. The summed E-state index contributed by atoms with van der Waals surface area (Å²) < 4.78 is 19.8. The van der Waals surface area contributed by atoms with E-state index in [1.807, 2.05) is 0 Å². The van der Waals surface area contributed by atoms with E-state index in [4.69, 9.17) is 4.74 Å². The van der Waals surface area contributed by atoms with Gasteiger partial charge in [0.05, 0.1) is 25.5 Å². The Bertz CT molecular complexity index is 944. The molecule has 8 nitrogen and oxygen atoms in total. The number of hydrogen-bond acceptors (Lipinski definition) is 7. The van der Waals surface area contributed by atoms with E-state index in [1.54, 1.807) is 19.2 Å². The first-order valence-corrected chi connectivity index (χ1v) is 7.90. The number of carbonyl (C=O) groups is 1. The molecule has 1 atom stereocenters. The summed E-state index contributed by atoms with van der Waals surface area (Å²) in [5, 5.41) is 26.5. The number of carbonyl (C=O) groups excluding carboxylic acids is 1. The third-order valence-electron chi connectivity index (χ3n) is 3.73. The standard InChI is InChI=1S/C17H17FN4O4/c1-2-26-17(25)12-8-19-22-6-5-15(21-16(12)22)20-13(9-23)11-7-10(18)3-4-14(11)24/h3-8,13,23-24H,2,9H2,1H3,(H,20,21). The molecule has 26 heavy (non-hydrogen) atoms. The highest BCUT2D eigenvalue weighted by Gasteiger charge is 2.19. The van der Waals surface area contributed by atoms with Crippen molar-refractivity contribution in [2.24, 2.45) is 0 Å². The van der Waals surface area contributed by atoms with Crippen LogP contribution < -0.4 is 5.32 Å². The van der Waals surface area contributed by atoms with Crippen LogP contribution in [0.5, 0.6) is 5.75 Å². The van der Waals surface area contributed by atoms with Crippen LogP contribution in [0.15, 0.2) is 36.7 Å². The van der Waals surface area contributed by atoms with Gasteiger partial charge in [-0.1, -0.05) is 0 Å². The smallest absolute Gasteiger partial charge is 0.343 e. The monoisotopic (exact) mass is 360 g/mol. The Morgan fingerprint density at radius 3 is 2.96 bits per heavy atom. The first kappa shape index (κ1) is 17.6. The molecule has 0 fully saturated rings. The number of phenols is 1. The van der Waals surface area contributed by atoms with Crippen molar-refractivity contribution in [2.75, 3.05) is 18.5 Å². The van der Waals surface area contributed by atoms with E-state index in [0.29, 0.717) is 5.82 Å². The van der Waals surface area contributed by atoms with E-state index < -0.39 is 24.4 Å². The second-order valence-electron chi connectivity index (χ2n) is 5.44. The SMILES string of the molecule is CCOC(=O)c1cnn2ccc(NC(CO)c3cc(F)ccc3O)nc12. The lowest BCUT2D eigenvalue weighted by atomic mass is 10.1. The number of aromatic nitrogens is 3. The van der Waals surface area contributed by atoms with Gasteiger partial charge in [-0.2, -0.15) is 5.10 Å². The van der Waals surface area contributed by atoms with Crippen LogP contribution in [0.25, 0.3) is 5.65 Å². The Kier molecular flexibility index (Phi) is 4.99. The molecule has 136 valence electrons. The molecule has 9 heteroatoms. The van der Waals surface area contributed by atoms with Crippen molar-refractivity contribution in [2.45, 2.75) is 13.0 Å². The molecular weight excluding hydrogens is 343 g/mol. The van der Waals surface area contributed by atoms with Gasteiger partial charge < -0.3 is 20.3 Å². The Morgan fingerprint density at radius 1 is 1.42 bits per heavy atom. The van der Waals surface area contributed by atoms with Gasteiger partial charge in [0, 0.05) is 11.8 Å². The molecule has 1 aromatic carbocycles. The molecule has 0 radical (unpaired) electrons. The maximum atomic E-state index is 13.5. The molecule has 3 N–H and O–H groups in total. The van der Waals surface area contributed by atoms with Gasteiger partial charge in [0.1, 0.15) is 22.9 Å². The molecule has 0 saturated heterocycles. The van der Waals surface area contributed by atoms with Crippen molar-refractivity contribution in [3.63, 3.8) is 0 Å². The molecule has 1 unspecified atom stereocenters. The lowest BCUT2D eigenvalue weighted by Crippen LogP contribution is -2.16. The van der Waals surface area contributed by atoms with Crippen LogP contribution in [0.4, 0.5) is 10.2 Å². The number of halogens is 1. The molecule has 3 aromatic rings. The number of fused-ring (bicyclic) bond motifs is 1. The zero-order valence-corrected chi connectivity index (χ0v) is 13.9. The molecule has 0 bridgehead atoms. The highest BCUT2D eigenvalue weighted by atomic mass is 19.1. The van der Waals surface area contributed by atoms with Crippen LogP contribution >= 0.6 is 0 Å². The van der Waals surface area contributed by atoms with E-state index in [9.17, 15) is 19.4 Å². The molecule has 0 aliphatic rings. The first-order valence-electron chi connectivity index (χ1n) is 7.90. The number of aliphatic hydroxyl groups is 1. The predicted molar refractivity (Wildman–Crippen MR) is 90.5 cm³/mol. The average Bonchev–Trinajstić information content (AvgIpc) is 3.05. The number of aliphatic hydroxyl groups excluding tert-OH is 1. The fourth-order valence-electron chi connectivity index (χ4n) is 2.51. The van der Waals surface area contributed by atoms with Crippen LogP contribution in [0.2, 0.25) is 0 Å². The van der Waals surface area contributed by atoms with Crippen molar-refractivity contribution in [1.29, 1.82) is 0 Å². The van der Waals surface area contributed by atoms with Gasteiger partial charge in [0.2, 0.25) is 0 Å². The average molecular weight is 360 g/mol. The van der Waals surface area contributed by atoms with Crippen molar-refractivity contribution >= 4 is 17.4 Å². The van der Waals surface area contributed by atoms with Gasteiger partial charge in [-0.3, -0.25) is 0 Å². The molecular formula is C17H17FN4O4. The molecule has 0 amide bonds. The zero-order chi connectivity index (χ0) is 18.7. The Labute approximate surface area is 147 Å². The number of hydrogen-bond donors (Lipinski definition) is 3. The zero-order valence-electron chi connectivity index (χ0n) is 13.9. The summed E-state index contributed by atoms with van der Waals surface area (Å²) in [6.07, 6.45) is 2.93. The third-order valence-corrected chi connectivity index (χ3v) is 3.73. The number of rotatable bonds is 6. The van der Waals surface area contributed by atoms with E-state index in [0.717, 1.165) is 12.1 Å². The number of nitrogens with zero attached hydrogens (tertiary/aromatic N) is 3. The van der Waals surface area contributed by atoms with Gasteiger partial charge in [0.15, 0.2) is 5.65 Å². The molecule has 2 aromatic heterocycles. The van der Waals surface area contributed by atoms with Crippen LogP contribution in [-0.4, -0.2) is 44.0 Å². The number of benzene rings is 1. The highest BCUT2D eigenvalue weighted by Crippen LogP contribution is 2.27. The summed E-state index contributed by atoms with van der Waals surface area (Å²) in [5.74, 6) is -0.933. The fraction of sp³-hybridized carbons (Fsp3) is 0.235. The minimum atomic E-state index is -0.797. The van der Waals surface area contributed by atoms with Gasteiger partial charge in [-0.05, 0) is 31.2 Å². The first-order chi connectivity index (χ1) is 12.5. The Hall–Kier alpha value is -3.20. The van der Waals surface area contributed by atoms with Crippen LogP contribution in [0.3, 0.4) is 0 Å². The van der Waals surface area contributed by atoms with E-state index in [1.165, 1.54) is 16.8 Å². The summed E-state index contributed by atoms with van der Waals surface area (Å²) in [7, 11) is 0. The lowest BCUT2D eigenvalue weighted by molar-refractivity contribution is 0.0528. The van der Waals surface area contributed by atoms with E-state index >= 15 is 0 Å². The fourth-order valence-corrected chi connectivity index (χ4v) is 2.51. The molecule has 0 aliphatic carbocycles. The third kappa shape index (κ3) is 3.42. The largest absolute Gasteiger partial charge is 0.508 e. The van der Waals surface area contributed by atoms with Crippen molar-refractivity contribution in [1.82, 2.24) is 14.6 Å². The second-order valence-corrected chi connectivity index (χ2v) is 5.44. The quantitative estimate of drug-likeness (QED) is 0.576. The molecule has 3 rings (SSSR count). The van der Waals surface area contributed by atoms with E-state index in [2.05, 4.69) is 15.4 Å². The van der Waals surface area contributed by atoms with Gasteiger partial charge in [-0.25, -0.2) is 18.7 Å². The number of aromatic hydroxyl groups is 1. The number of ether oxygens (including phenoxy) is 1. The molecule has 0 spiro atoms. The van der Waals surface area contributed by atoms with Crippen molar-refractivity contribution in [3.05, 3.63) is 53.6 Å². The van der Waals surface area contributed by atoms with Crippen molar-refractivity contribution in [3.8, 4) is 5.75 Å². The minimum Gasteiger partial charge on any atom is -0.508 e. The topological polar surface area (TPSA) is 109 Å². The van der Waals surface area contributed by atoms with Crippen LogP contribution in [-0.2, 0) is 4.74 Å². The lowest BCUT2D eigenvalue weighted by Gasteiger charge is -2.18. The Morgan fingerprint density at radius 2 is 2.23 bits per heavy atom. The molecule has 0 saturated carbocycles. The number of esters is 1. The van der Waals surface area contributed by atoms with Gasteiger partial charge in [0.25, 0.3) is 0 Å². The summed E-state index contributed by atoms with van der Waals surface area (Å²) in [6, 6.07) is 4.24. The number of anilines is 1. The number of nitrogens with one attached hydrogen (secondary N) is 1. The summed E-state index contributed by atoms with van der Waals surface area (Å²) in [4.78, 5) is 16.3. The van der Waals surface area contributed by atoms with Gasteiger partial charge >= 0.3 is 5.97 Å². The second kappa shape index (κ2) is 7.36.